The molecule has 0 unspecified atom stereocenters. The molecule has 3 aliphatic rings. The van der Waals surface area contributed by atoms with Crippen molar-refractivity contribution in [2.24, 2.45) is 0 Å². The van der Waals surface area contributed by atoms with Gasteiger partial charge in [0.05, 0.1) is 11.2 Å². The van der Waals surface area contributed by atoms with Crippen molar-refractivity contribution in [3.05, 3.63) is 29.8 Å². The van der Waals surface area contributed by atoms with Crippen molar-refractivity contribution >= 4 is 129 Å². The maximum absolute atomic E-state index is 10.8. The number of phenolic OH excluding ortho intramolecular Hbond substituents is 1. The molecular weight excluding hydrogens is 881 g/mol. The predicted octanol–water partition coefficient (Wildman–Crippen LogP) is 8.56. The van der Waals surface area contributed by atoms with Crippen molar-refractivity contribution in [1.82, 2.24) is 24.5 Å². The molecule has 53 heavy (non-hydrogen) atoms. The zero-order valence-corrected chi connectivity index (χ0v) is 38.8. The summed E-state index contributed by atoms with van der Waals surface area (Å²) < 4.78 is 4.94. The van der Waals surface area contributed by atoms with E-state index in [0.717, 1.165) is 57.7 Å². The summed E-state index contributed by atoms with van der Waals surface area (Å²) >= 11 is 45.2. The van der Waals surface area contributed by atoms with Gasteiger partial charge in [-0.25, -0.2) is 4.79 Å². The Morgan fingerprint density at radius 3 is 1.36 bits per heavy atom. The molecule has 3 aliphatic heterocycles. The van der Waals surface area contributed by atoms with Crippen molar-refractivity contribution in [2.45, 2.75) is 54.0 Å². The van der Waals surface area contributed by atoms with E-state index >= 15 is 0 Å². The highest BCUT2D eigenvalue weighted by molar-refractivity contribution is 6.56. The predicted molar refractivity (Wildman–Crippen MR) is 228 cm³/mol. The van der Waals surface area contributed by atoms with Crippen LogP contribution in [0.25, 0.3) is 0 Å². The molecule has 0 bridgehead atoms. The molecule has 0 atom stereocenters. The van der Waals surface area contributed by atoms with Crippen LogP contribution in [0.4, 0.5) is 4.79 Å². The quantitative estimate of drug-likeness (QED) is 0.240. The number of rotatable bonds is 3. The van der Waals surface area contributed by atoms with Crippen LogP contribution in [0.5, 0.6) is 5.75 Å². The third-order valence-corrected chi connectivity index (χ3v) is 8.17. The number of likely N-dealkylation sites (N-methyl/N-ethyl adjacent to an activating group) is 2. The molecule has 0 radical (unpaired) electrons. The zero-order valence-electron chi connectivity index (χ0n) is 32.0. The van der Waals surface area contributed by atoms with Gasteiger partial charge in [-0.2, -0.15) is 0 Å². The smallest absolute Gasteiger partial charge is 0.319 e. The third kappa shape index (κ3) is 51.3. The van der Waals surface area contributed by atoms with Crippen molar-refractivity contribution in [3.63, 3.8) is 0 Å². The maximum Gasteiger partial charge on any atom is 0.319 e. The molecular formula is C33H58Cl9N5O6. The van der Waals surface area contributed by atoms with Crippen LogP contribution in [0.3, 0.4) is 0 Å². The van der Waals surface area contributed by atoms with Crippen molar-refractivity contribution in [1.29, 1.82) is 0 Å². The summed E-state index contributed by atoms with van der Waals surface area (Å²) in [4.78, 5) is 47.2. The Labute approximate surface area is 362 Å². The zero-order chi connectivity index (χ0) is 42.5. The van der Waals surface area contributed by atoms with Crippen LogP contribution in [0.2, 0.25) is 0 Å². The molecule has 0 spiro atoms. The lowest BCUT2D eigenvalue weighted by molar-refractivity contribution is -0.127. The fraction of sp³-hybridized carbons (Fsp3) is 0.697. The molecule has 1 aromatic rings. The Morgan fingerprint density at radius 2 is 1.25 bits per heavy atom. The second kappa shape index (κ2) is 42.4. The molecule has 3 heterocycles. The van der Waals surface area contributed by atoms with E-state index in [1.54, 1.807) is 55.0 Å². The monoisotopic (exact) mass is 935 g/mol. The number of aromatic hydroxyl groups is 1. The molecule has 3 fully saturated rings. The first-order valence-electron chi connectivity index (χ1n) is 15.9. The van der Waals surface area contributed by atoms with Gasteiger partial charge in [-0.15, -0.1) is 104 Å². The van der Waals surface area contributed by atoms with Crippen molar-refractivity contribution in [3.8, 4) is 5.75 Å². The average Bonchev–Trinajstić information content (AvgIpc) is 3.86. The molecule has 11 nitrogen and oxygen atoms in total. The number of likely N-dealkylation sites (tertiary alicyclic amines) is 1. The molecule has 1 N–H and O–H groups in total. The second-order valence-corrected chi connectivity index (χ2v) is 15.7. The number of hydrogen-bond acceptors (Lipinski definition) is 6. The van der Waals surface area contributed by atoms with Gasteiger partial charge in [0.2, 0.25) is 18.2 Å². The van der Waals surface area contributed by atoms with Crippen molar-refractivity contribution in [2.75, 3.05) is 93.4 Å². The fourth-order valence-corrected chi connectivity index (χ4v) is 2.70. The molecule has 0 saturated carbocycles. The highest BCUT2D eigenvalue weighted by atomic mass is 35.5. The standard InChI is InChI=1S/C7H8O.C5H10N2O.C5H9NO.C4H9NO.C4H8O.C3H7NO.C2H2Cl4.C2H3Cl3.CH2Cl2/c1-6-3-2-4-7(8)5-6;1-6-3-4-7(2)5(6)8;1-6-4-2-3-5(6)7;1-4(6)5(2)3;1-2-4-5-3-1;1-4(2)3-5;3-1(4)2(5)6;3-1-2(4)5;2-1-3/h2-5,8H,1H3;3-4H2,1-2H3;2-4H2,1H3;1-3H3;1-4H2;3H,1-2H3;1-2H;2H,1H2;1H2. The van der Waals surface area contributed by atoms with E-state index in [2.05, 4.69) is 0 Å². The van der Waals surface area contributed by atoms with Crippen LogP contribution in [0.15, 0.2) is 24.3 Å². The molecule has 314 valence electrons. The Bertz CT molecular complexity index is 987. The minimum absolute atomic E-state index is 0.0926. The molecule has 0 aliphatic carbocycles. The lowest BCUT2D eigenvalue weighted by Gasteiger charge is -2.07. The van der Waals surface area contributed by atoms with Crippen LogP contribution < -0.4 is 0 Å². The van der Waals surface area contributed by atoms with Gasteiger partial charge < -0.3 is 34.3 Å². The number of halogens is 9. The molecule has 3 saturated heterocycles. The molecule has 1 aromatic carbocycles. The van der Waals surface area contributed by atoms with E-state index in [9.17, 15) is 19.2 Å². The number of aryl methyl sites for hydroxylation is 1. The van der Waals surface area contributed by atoms with Gasteiger partial charge >= 0.3 is 6.03 Å². The normalized spacial score (nSPS) is 13.6. The first-order chi connectivity index (χ1) is 24.5. The van der Waals surface area contributed by atoms with Crippen LogP contribution in [0.1, 0.15) is 38.2 Å². The van der Waals surface area contributed by atoms with Crippen LogP contribution in [0, 0.1) is 6.92 Å². The first-order valence-corrected chi connectivity index (χ1v) is 20.1. The van der Waals surface area contributed by atoms with Gasteiger partial charge in [0.15, 0.2) is 0 Å². The van der Waals surface area contributed by atoms with Gasteiger partial charge in [0.1, 0.15) is 20.3 Å². The number of amides is 5. The Morgan fingerprint density at radius 1 is 0.849 bits per heavy atom. The summed E-state index contributed by atoms with van der Waals surface area (Å²) in [6.07, 6.45) is 5.12. The molecule has 20 heteroatoms. The SMILES string of the molecule is C1CCOC1.CC(=O)N(C)C.CN(C)C=O.CN1CCCC1=O.CN1CCN(C)C1=O.Cc1cccc(O)c1.ClC(Cl)C(Cl)Cl.ClCC(Cl)Cl.ClCCl. The van der Waals surface area contributed by atoms with Crippen LogP contribution in [-0.2, 0) is 19.1 Å². The van der Waals surface area contributed by atoms with Gasteiger partial charge in [0, 0.05) is 95.5 Å². The van der Waals surface area contributed by atoms with Gasteiger partial charge in [-0.05, 0) is 43.9 Å². The van der Waals surface area contributed by atoms with Gasteiger partial charge in [-0.1, -0.05) is 12.1 Å². The number of alkyl halides is 9. The highest BCUT2D eigenvalue weighted by Crippen LogP contribution is 2.16. The first kappa shape index (κ1) is 61.5. The van der Waals surface area contributed by atoms with E-state index in [0.29, 0.717) is 17.5 Å². The molecule has 0 aromatic heterocycles. The summed E-state index contributed by atoms with van der Waals surface area (Å²) in [5, 5.41) is 9.01. The Balaban J connectivity index is -0.000000165. The summed E-state index contributed by atoms with van der Waals surface area (Å²) in [6, 6.07) is 7.28. The number of carbonyl (C=O) groups is 4. The average molecular weight is 940 g/mol. The maximum atomic E-state index is 10.8. The lowest BCUT2D eigenvalue weighted by Crippen LogP contribution is -2.25. The van der Waals surface area contributed by atoms with Crippen LogP contribution in [-0.4, -0.2) is 162 Å². The Hall–Kier alpha value is -0.730. The number of hydrogen-bond donors (Lipinski definition) is 1. The van der Waals surface area contributed by atoms with E-state index in [-0.39, 0.29) is 17.3 Å². The summed E-state index contributed by atoms with van der Waals surface area (Å²) in [5.74, 6) is 1.03. The fourth-order valence-electron chi connectivity index (χ4n) is 2.70. The summed E-state index contributed by atoms with van der Waals surface area (Å²) in [5.41, 5.74) is 1.09. The number of benzene rings is 1. The largest absolute Gasteiger partial charge is 0.508 e. The molecule has 4 rings (SSSR count). The second-order valence-electron chi connectivity index (χ2n) is 11.0. The van der Waals surface area contributed by atoms with E-state index in [1.165, 1.54) is 29.6 Å². The van der Waals surface area contributed by atoms with E-state index in [1.807, 2.05) is 40.2 Å². The topological polar surface area (TPSA) is 114 Å². The Kier molecular flexibility index (Phi) is 49.2. The minimum Gasteiger partial charge on any atom is -0.508 e. The summed E-state index contributed by atoms with van der Waals surface area (Å²) in [7, 11) is 12.3. The van der Waals surface area contributed by atoms with Crippen LogP contribution >= 0.6 is 104 Å². The van der Waals surface area contributed by atoms with E-state index < -0.39 is 14.5 Å². The van der Waals surface area contributed by atoms with E-state index in [4.69, 9.17) is 114 Å². The lowest BCUT2D eigenvalue weighted by atomic mass is 10.2. The number of ether oxygens (including phenoxy) is 1. The minimum atomic E-state index is -0.673. The third-order valence-electron chi connectivity index (χ3n) is 5.71. The van der Waals surface area contributed by atoms with Crippen molar-refractivity contribution < 1.29 is 29.0 Å². The molecule has 5 amide bonds. The number of nitrogens with zero attached hydrogens (tertiary/aromatic N) is 5. The number of phenols is 1. The number of urea groups is 1. The summed E-state index contributed by atoms with van der Waals surface area (Å²) in [6.45, 7) is 8.17. The number of carbonyl (C=O) groups excluding carboxylic acids is 4. The van der Waals surface area contributed by atoms with Gasteiger partial charge in [-0.3, -0.25) is 14.4 Å². The van der Waals surface area contributed by atoms with Gasteiger partial charge in [0.25, 0.3) is 0 Å². The highest BCUT2D eigenvalue weighted by Gasteiger charge is 2.20.